The first-order valence-corrected chi connectivity index (χ1v) is 7.89. The molecule has 1 amide bonds. The first-order valence-electron chi connectivity index (χ1n) is 7.89. The topological polar surface area (TPSA) is 61.0 Å². The maximum absolute atomic E-state index is 12.1. The Morgan fingerprint density at radius 2 is 2.22 bits per heavy atom. The molecule has 120 valence electrons. The minimum absolute atomic E-state index is 0.146. The van der Waals surface area contributed by atoms with Crippen molar-refractivity contribution in [2.45, 2.75) is 26.7 Å². The van der Waals surface area contributed by atoms with E-state index in [0.29, 0.717) is 0 Å². The third kappa shape index (κ3) is 3.28. The number of amides is 1. The molecule has 0 atom stereocenters. The Labute approximate surface area is 136 Å². The molecule has 23 heavy (non-hydrogen) atoms. The molecule has 0 spiro atoms. The summed E-state index contributed by atoms with van der Waals surface area (Å²) in [6.45, 7) is 4.86. The monoisotopic (exact) mass is 310 g/mol. The molecule has 0 radical (unpaired) electrons. The van der Waals surface area contributed by atoms with Crippen LogP contribution < -0.4 is 10.2 Å². The first kappa shape index (κ1) is 15.3. The summed E-state index contributed by atoms with van der Waals surface area (Å²) in [7, 11) is 2.12. The van der Waals surface area contributed by atoms with Gasteiger partial charge in [0.2, 0.25) is 5.91 Å². The molecule has 5 heteroatoms. The highest BCUT2D eigenvalue weighted by Gasteiger charge is 2.13. The Morgan fingerprint density at radius 3 is 2.96 bits per heavy atom. The summed E-state index contributed by atoms with van der Waals surface area (Å²) < 4.78 is 0. The lowest BCUT2D eigenvalue weighted by Crippen LogP contribution is -2.24. The fraction of sp³-hybridized carbons (Fsp3) is 0.333. The van der Waals surface area contributed by atoms with Gasteiger partial charge in [-0.3, -0.25) is 9.89 Å². The molecular weight excluding hydrogens is 288 g/mol. The van der Waals surface area contributed by atoms with E-state index in [1.54, 1.807) is 6.08 Å². The van der Waals surface area contributed by atoms with Gasteiger partial charge in [0, 0.05) is 25.4 Å². The highest BCUT2D eigenvalue weighted by molar-refractivity contribution is 6.02. The number of H-pyrrole nitrogens is 1. The van der Waals surface area contributed by atoms with Crippen molar-refractivity contribution >= 4 is 23.4 Å². The van der Waals surface area contributed by atoms with E-state index >= 15 is 0 Å². The van der Waals surface area contributed by atoms with Gasteiger partial charge >= 0.3 is 0 Å². The van der Waals surface area contributed by atoms with Crippen molar-refractivity contribution in [1.29, 1.82) is 0 Å². The van der Waals surface area contributed by atoms with Gasteiger partial charge in [-0.1, -0.05) is 6.07 Å². The van der Waals surface area contributed by atoms with Crippen molar-refractivity contribution in [3.05, 3.63) is 46.8 Å². The van der Waals surface area contributed by atoms with E-state index in [9.17, 15) is 4.79 Å². The molecule has 1 aromatic carbocycles. The van der Waals surface area contributed by atoms with Gasteiger partial charge in [-0.2, -0.15) is 5.10 Å². The molecule has 1 aromatic heterocycles. The summed E-state index contributed by atoms with van der Waals surface area (Å²) in [5.74, 6) is -0.146. The zero-order chi connectivity index (χ0) is 16.4. The molecule has 0 saturated heterocycles. The number of fused-ring (bicyclic) bond motifs is 1. The van der Waals surface area contributed by atoms with Crippen LogP contribution in [-0.4, -0.2) is 29.7 Å². The fourth-order valence-electron chi connectivity index (χ4n) is 2.98. The van der Waals surface area contributed by atoms with Gasteiger partial charge in [0.15, 0.2) is 0 Å². The molecule has 0 saturated carbocycles. The van der Waals surface area contributed by atoms with Gasteiger partial charge in [0.1, 0.15) is 0 Å². The number of aromatic nitrogens is 2. The molecular formula is C18H22N4O. The van der Waals surface area contributed by atoms with Crippen molar-refractivity contribution in [2.24, 2.45) is 0 Å². The summed E-state index contributed by atoms with van der Waals surface area (Å²) in [5, 5.41) is 9.81. The van der Waals surface area contributed by atoms with Crippen LogP contribution in [0.5, 0.6) is 0 Å². The molecule has 1 aliphatic heterocycles. The van der Waals surface area contributed by atoms with Crippen LogP contribution in [0, 0.1) is 13.8 Å². The van der Waals surface area contributed by atoms with Crippen LogP contribution in [0.15, 0.2) is 24.3 Å². The zero-order valence-corrected chi connectivity index (χ0v) is 13.8. The number of rotatable bonds is 3. The maximum Gasteiger partial charge on any atom is 0.248 e. The van der Waals surface area contributed by atoms with Crippen LogP contribution >= 0.6 is 0 Å². The minimum atomic E-state index is -0.146. The van der Waals surface area contributed by atoms with Crippen LogP contribution in [-0.2, 0) is 11.2 Å². The number of nitrogens with zero attached hydrogens (tertiary/aromatic N) is 2. The average Bonchev–Trinajstić information content (AvgIpc) is 2.85. The number of carbonyl (C=O) groups excluding carboxylic acids is 1. The quantitative estimate of drug-likeness (QED) is 0.857. The van der Waals surface area contributed by atoms with Crippen molar-refractivity contribution in [3.63, 3.8) is 0 Å². The lowest BCUT2D eigenvalue weighted by molar-refractivity contribution is -0.111. The molecule has 0 aliphatic carbocycles. The highest BCUT2D eigenvalue weighted by Crippen LogP contribution is 2.27. The van der Waals surface area contributed by atoms with Gasteiger partial charge in [-0.15, -0.1) is 0 Å². The number of carbonyl (C=O) groups is 1. The van der Waals surface area contributed by atoms with Crippen LogP contribution in [0.1, 0.15) is 28.9 Å². The minimum Gasteiger partial charge on any atom is -0.374 e. The van der Waals surface area contributed by atoms with Gasteiger partial charge in [0.05, 0.1) is 17.1 Å². The maximum atomic E-state index is 12.1. The predicted molar refractivity (Wildman–Crippen MR) is 93.8 cm³/mol. The molecule has 2 aromatic rings. The summed E-state index contributed by atoms with van der Waals surface area (Å²) in [4.78, 5) is 14.4. The van der Waals surface area contributed by atoms with E-state index in [2.05, 4.69) is 45.7 Å². The lowest BCUT2D eigenvalue weighted by Gasteiger charge is -2.27. The third-order valence-corrected chi connectivity index (χ3v) is 4.26. The van der Waals surface area contributed by atoms with E-state index in [1.807, 2.05) is 19.9 Å². The highest BCUT2D eigenvalue weighted by atomic mass is 16.1. The normalized spacial score (nSPS) is 14.1. The lowest BCUT2D eigenvalue weighted by atomic mass is 9.99. The fourth-order valence-corrected chi connectivity index (χ4v) is 2.98. The molecule has 5 nitrogen and oxygen atoms in total. The van der Waals surface area contributed by atoms with Crippen molar-refractivity contribution < 1.29 is 4.79 Å². The van der Waals surface area contributed by atoms with Crippen molar-refractivity contribution in [1.82, 2.24) is 10.2 Å². The summed E-state index contributed by atoms with van der Waals surface area (Å²) in [6, 6.07) is 6.36. The van der Waals surface area contributed by atoms with Crippen molar-refractivity contribution in [2.75, 3.05) is 23.8 Å². The Bertz CT molecular complexity index is 741. The smallest absolute Gasteiger partial charge is 0.248 e. The number of anilines is 2. The van der Waals surface area contributed by atoms with Gasteiger partial charge < -0.3 is 10.2 Å². The molecule has 0 unspecified atom stereocenters. The van der Waals surface area contributed by atoms with E-state index in [-0.39, 0.29) is 5.91 Å². The average molecular weight is 310 g/mol. The van der Waals surface area contributed by atoms with E-state index < -0.39 is 0 Å². The Morgan fingerprint density at radius 1 is 1.39 bits per heavy atom. The molecule has 2 N–H and O–H groups in total. The van der Waals surface area contributed by atoms with E-state index in [1.165, 1.54) is 17.7 Å². The largest absolute Gasteiger partial charge is 0.374 e. The van der Waals surface area contributed by atoms with E-state index in [0.717, 1.165) is 35.6 Å². The Hall–Kier alpha value is -2.56. The molecule has 2 heterocycles. The number of benzene rings is 1. The molecule has 0 fully saturated rings. The Balaban J connectivity index is 1.71. The molecule has 0 bridgehead atoms. The van der Waals surface area contributed by atoms with E-state index in [4.69, 9.17) is 0 Å². The number of nitrogens with one attached hydrogen (secondary N) is 2. The third-order valence-electron chi connectivity index (χ3n) is 4.26. The SMILES string of the molecule is Cc1n[nH]c(C)c1NC(=O)C=Cc1ccc2c(c1)CCCN2C. The molecule has 3 rings (SSSR count). The summed E-state index contributed by atoms with van der Waals surface area (Å²) >= 11 is 0. The van der Waals surface area contributed by atoms with Gasteiger partial charge in [0.25, 0.3) is 0 Å². The number of hydrogen-bond donors (Lipinski definition) is 2. The molecule has 1 aliphatic rings. The predicted octanol–water partition coefficient (Wildman–Crippen LogP) is 3.06. The van der Waals surface area contributed by atoms with Crippen molar-refractivity contribution in [3.8, 4) is 0 Å². The number of aromatic amines is 1. The van der Waals surface area contributed by atoms with Crippen LogP contribution in [0.2, 0.25) is 0 Å². The summed E-state index contributed by atoms with van der Waals surface area (Å²) in [5.41, 5.74) is 6.11. The Kier molecular flexibility index (Phi) is 4.19. The van der Waals surface area contributed by atoms with Gasteiger partial charge in [-0.05, 0) is 56.0 Å². The second kappa shape index (κ2) is 6.28. The van der Waals surface area contributed by atoms with Crippen LogP contribution in [0.25, 0.3) is 6.08 Å². The number of aryl methyl sites for hydroxylation is 3. The first-order chi connectivity index (χ1) is 11.0. The van der Waals surface area contributed by atoms with Crippen LogP contribution in [0.3, 0.4) is 0 Å². The zero-order valence-electron chi connectivity index (χ0n) is 13.8. The summed E-state index contributed by atoms with van der Waals surface area (Å²) in [6.07, 6.45) is 5.70. The standard InChI is InChI=1S/C18H22N4O/c1-12-18(13(2)21-20-12)19-17(23)9-7-14-6-8-16-15(11-14)5-4-10-22(16)3/h6-9,11H,4-5,10H2,1-3H3,(H,19,23)(H,20,21). The second-order valence-corrected chi connectivity index (χ2v) is 6.04. The second-order valence-electron chi connectivity index (χ2n) is 6.04. The number of hydrogen-bond acceptors (Lipinski definition) is 3. The van der Waals surface area contributed by atoms with Crippen LogP contribution in [0.4, 0.5) is 11.4 Å². The van der Waals surface area contributed by atoms with Gasteiger partial charge in [-0.25, -0.2) is 0 Å².